The van der Waals surface area contributed by atoms with Crippen LogP contribution >= 0.6 is 22.9 Å². The second kappa shape index (κ2) is 6.22. The summed E-state index contributed by atoms with van der Waals surface area (Å²) >= 11 is 7.73. The number of nitrogens with two attached hydrogens (primary N) is 1. The zero-order valence-corrected chi connectivity index (χ0v) is 13.7. The molecular weight excluding hydrogens is 300 g/mol. The molecule has 0 unspecified atom stereocenters. The van der Waals surface area contributed by atoms with Crippen LogP contribution in [-0.2, 0) is 6.42 Å². The Morgan fingerprint density at radius 3 is 2.76 bits per heavy atom. The first-order valence-corrected chi connectivity index (χ1v) is 8.46. The first-order valence-electron chi connectivity index (χ1n) is 7.26. The molecule has 0 fully saturated rings. The van der Waals surface area contributed by atoms with Crippen LogP contribution in [-0.4, -0.2) is 11.5 Å². The van der Waals surface area contributed by atoms with Crippen molar-refractivity contribution in [3.8, 4) is 10.6 Å². The van der Waals surface area contributed by atoms with Crippen molar-refractivity contribution in [3.05, 3.63) is 45.8 Å². The van der Waals surface area contributed by atoms with Crippen molar-refractivity contribution in [2.45, 2.75) is 26.2 Å². The number of nitrogens with one attached hydrogen (secondary N) is 1. The number of thiophene rings is 1. The summed E-state index contributed by atoms with van der Waals surface area (Å²) in [6.07, 6.45) is 3.22. The van der Waals surface area contributed by atoms with Gasteiger partial charge in [0.05, 0.1) is 14.9 Å². The molecule has 3 aromatic rings. The molecule has 4 heteroatoms. The van der Waals surface area contributed by atoms with E-state index in [9.17, 15) is 0 Å². The first-order chi connectivity index (χ1) is 10.2. The van der Waals surface area contributed by atoms with Gasteiger partial charge in [0, 0.05) is 10.9 Å². The maximum atomic E-state index is 6.11. The van der Waals surface area contributed by atoms with Crippen molar-refractivity contribution in [1.82, 2.24) is 4.98 Å². The molecule has 21 heavy (non-hydrogen) atoms. The highest BCUT2D eigenvalue weighted by atomic mass is 35.5. The van der Waals surface area contributed by atoms with Crippen LogP contribution in [0.3, 0.4) is 0 Å². The van der Waals surface area contributed by atoms with Crippen molar-refractivity contribution >= 4 is 33.8 Å². The fourth-order valence-electron chi connectivity index (χ4n) is 2.79. The molecule has 0 saturated heterocycles. The summed E-state index contributed by atoms with van der Waals surface area (Å²) in [5, 5.41) is 1.33. The zero-order valence-electron chi connectivity index (χ0n) is 12.1. The van der Waals surface area contributed by atoms with Gasteiger partial charge in [0.2, 0.25) is 0 Å². The summed E-state index contributed by atoms with van der Waals surface area (Å²) in [6, 6.07) is 10.5. The molecule has 0 aliphatic rings. The Morgan fingerprint density at radius 1 is 1.19 bits per heavy atom. The Bertz CT molecular complexity index is 757. The van der Waals surface area contributed by atoms with E-state index < -0.39 is 0 Å². The minimum absolute atomic E-state index is 0.752. The highest BCUT2D eigenvalue weighted by Gasteiger charge is 2.15. The van der Waals surface area contributed by atoms with Gasteiger partial charge >= 0.3 is 0 Å². The van der Waals surface area contributed by atoms with Crippen LogP contribution in [0.5, 0.6) is 0 Å². The Balaban J connectivity index is 2.12. The van der Waals surface area contributed by atoms with Gasteiger partial charge in [0.1, 0.15) is 0 Å². The second-order valence-corrected chi connectivity index (χ2v) is 7.04. The third kappa shape index (κ3) is 2.86. The van der Waals surface area contributed by atoms with Crippen molar-refractivity contribution in [1.29, 1.82) is 0 Å². The average Bonchev–Trinajstić information content (AvgIpc) is 3.04. The zero-order chi connectivity index (χ0) is 14.8. The Hall–Kier alpha value is -1.29. The third-order valence-electron chi connectivity index (χ3n) is 3.85. The molecule has 0 radical (unpaired) electrons. The van der Waals surface area contributed by atoms with Crippen molar-refractivity contribution in [3.63, 3.8) is 0 Å². The predicted molar refractivity (Wildman–Crippen MR) is 93.4 cm³/mol. The molecule has 0 atom stereocenters. The number of aryl methyl sites for hydroxylation is 2. The number of halogens is 1. The lowest BCUT2D eigenvalue weighted by Gasteiger charge is -2.03. The molecule has 2 heterocycles. The lowest BCUT2D eigenvalue weighted by atomic mass is 10.0. The number of rotatable bonds is 5. The maximum Gasteiger partial charge on any atom is 0.0935 e. The Kier molecular flexibility index (Phi) is 4.34. The van der Waals surface area contributed by atoms with E-state index in [1.165, 1.54) is 32.6 Å². The minimum atomic E-state index is 0.752. The predicted octanol–water partition coefficient (Wildman–Crippen LogP) is 5.14. The summed E-state index contributed by atoms with van der Waals surface area (Å²) < 4.78 is 0.827. The van der Waals surface area contributed by atoms with Crippen LogP contribution in [0.4, 0.5) is 0 Å². The van der Waals surface area contributed by atoms with Gasteiger partial charge in [-0.05, 0) is 56.0 Å². The van der Waals surface area contributed by atoms with Gasteiger partial charge < -0.3 is 10.7 Å². The van der Waals surface area contributed by atoms with Crippen LogP contribution in [0.2, 0.25) is 4.34 Å². The molecule has 0 aliphatic heterocycles. The number of benzene rings is 1. The molecule has 0 aliphatic carbocycles. The lowest BCUT2D eigenvalue weighted by molar-refractivity contribution is 0.748. The van der Waals surface area contributed by atoms with Crippen molar-refractivity contribution < 1.29 is 0 Å². The summed E-state index contributed by atoms with van der Waals surface area (Å²) in [4.78, 5) is 4.82. The highest BCUT2D eigenvalue weighted by Crippen LogP contribution is 2.37. The molecule has 0 saturated carbocycles. The number of aromatic amines is 1. The molecule has 0 bridgehead atoms. The van der Waals surface area contributed by atoms with Gasteiger partial charge in [-0.2, -0.15) is 0 Å². The molecular formula is C17H19ClN2S. The molecule has 2 nitrogen and oxygen atoms in total. The number of hydrogen-bond acceptors (Lipinski definition) is 2. The summed E-state index contributed by atoms with van der Waals surface area (Å²) in [7, 11) is 0. The molecule has 0 amide bonds. The quantitative estimate of drug-likeness (QED) is 0.628. The monoisotopic (exact) mass is 318 g/mol. The van der Waals surface area contributed by atoms with E-state index >= 15 is 0 Å². The molecule has 1 aromatic carbocycles. The van der Waals surface area contributed by atoms with Crippen LogP contribution in [0, 0.1) is 6.92 Å². The molecule has 0 spiro atoms. The number of fused-ring (bicyclic) bond motifs is 1. The summed E-state index contributed by atoms with van der Waals surface area (Å²) in [5.41, 5.74) is 10.8. The molecule has 2 aromatic heterocycles. The van der Waals surface area contributed by atoms with Gasteiger partial charge in [0.15, 0.2) is 0 Å². The van der Waals surface area contributed by atoms with E-state index in [4.69, 9.17) is 17.3 Å². The third-order valence-corrected chi connectivity index (χ3v) is 5.10. The summed E-state index contributed by atoms with van der Waals surface area (Å²) in [6.45, 7) is 2.90. The van der Waals surface area contributed by atoms with Gasteiger partial charge in [0.25, 0.3) is 0 Å². The van der Waals surface area contributed by atoms with E-state index in [1.54, 1.807) is 11.3 Å². The number of aromatic nitrogens is 1. The standard InChI is InChI=1S/C17H19ClN2S/c1-11-5-4-7-12-13(6-2-3-10-19)17(20-16(11)12)14-8-9-15(18)21-14/h4-5,7-9,20H,2-3,6,10,19H2,1H3. The normalized spacial score (nSPS) is 11.4. The SMILES string of the molecule is Cc1cccc2c(CCCCN)c(-c3ccc(Cl)s3)[nH]c12. The molecule has 3 N–H and O–H groups in total. The fourth-order valence-corrected chi connectivity index (χ4v) is 3.86. The lowest BCUT2D eigenvalue weighted by Crippen LogP contribution is -1.99. The fraction of sp³-hybridized carbons (Fsp3) is 0.294. The number of hydrogen-bond donors (Lipinski definition) is 2. The summed E-state index contributed by atoms with van der Waals surface area (Å²) in [5.74, 6) is 0. The first kappa shape index (κ1) is 14.6. The highest BCUT2D eigenvalue weighted by molar-refractivity contribution is 7.19. The second-order valence-electron chi connectivity index (χ2n) is 5.33. The largest absolute Gasteiger partial charge is 0.353 e. The minimum Gasteiger partial charge on any atom is -0.353 e. The van der Waals surface area contributed by atoms with Crippen molar-refractivity contribution in [2.24, 2.45) is 5.73 Å². The molecule has 110 valence electrons. The maximum absolute atomic E-state index is 6.11. The van der Waals surface area contributed by atoms with E-state index in [1.807, 2.05) is 6.07 Å². The number of H-pyrrole nitrogens is 1. The van der Waals surface area contributed by atoms with E-state index in [-0.39, 0.29) is 0 Å². The van der Waals surface area contributed by atoms with Crippen LogP contribution in [0.25, 0.3) is 21.5 Å². The average molecular weight is 319 g/mol. The van der Waals surface area contributed by atoms with Gasteiger partial charge in [-0.3, -0.25) is 0 Å². The Morgan fingerprint density at radius 2 is 2.05 bits per heavy atom. The van der Waals surface area contributed by atoms with E-state index in [2.05, 4.69) is 36.2 Å². The topological polar surface area (TPSA) is 41.8 Å². The number of para-hydroxylation sites is 1. The van der Waals surface area contributed by atoms with Gasteiger partial charge in [-0.15, -0.1) is 11.3 Å². The van der Waals surface area contributed by atoms with Gasteiger partial charge in [-0.25, -0.2) is 0 Å². The van der Waals surface area contributed by atoms with Crippen molar-refractivity contribution in [2.75, 3.05) is 6.54 Å². The van der Waals surface area contributed by atoms with Crippen LogP contribution < -0.4 is 5.73 Å². The smallest absolute Gasteiger partial charge is 0.0935 e. The van der Waals surface area contributed by atoms with Crippen LogP contribution in [0.15, 0.2) is 30.3 Å². The molecule has 3 rings (SSSR count). The van der Waals surface area contributed by atoms with Crippen LogP contribution in [0.1, 0.15) is 24.0 Å². The van der Waals surface area contributed by atoms with Gasteiger partial charge in [-0.1, -0.05) is 29.8 Å². The van der Waals surface area contributed by atoms with E-state index in [0.717, 1.165) is 30.1 Å². The number of unbranched alkanes of at least 4 members (excludes halogenated alkanes) is 1. The van der Waals surface area contributed by atoms with E-state index in [0.29, 0.717) is 0 Å². The Labute approximate surface area is 133 Å².